The number of fused-ring (bicyclic) bond motifs is 3. The molecule has 0 spiro atoms. The molecule has 7 N–H and O–H groups in total. The summed E-state index contributed by atoms with van der Waals surface area (Å²) in [5, 5.41) is 57.8. The van der Waals surface area contributed by atoms with E-state index in [-0.39, 0.29) is 22.6 Å². The lowest BCUT2D eigenvalue weighted by molar-refractivity contribution is -0.166. The van der Waals surface area contributed by atoms with Crippen LogP contribution in [0.15, 0.2) is 65.6 Å². The Morgan fingerprint density at radius 2 is 1.75 bits per heavy atom. The number of ether oxygens (including phenoxy) is 1. The molecule has 0 radical (unpaired) electrons. The second-order valence-corrected chi connectivity index (χ2v) is 13.5. The summed E-state index contributed by atoms with van der Waals surface area (Å²) >= 11 is 6.05. The van der Waals surface area contributed by atoms with E-state index in [9.17, 15) is 44.7 Å². The number of carbonyl (C=O) groups is 4. The number of primary amides is 1. The molecular formula is C35H35ClN2O10. The number of ketones is 2. The molecule has 1 amide bonds. The largest absolute Gasteiger partial charge is 0.508 e. The van der Waals surface area contributed by atoms with Crippen molar-refractivity contribution in [2.75, 3.05) is 14.1 Å². The smallest absolute Gasteiger partial charge is 0.313 e. The lowest BCUT2D eigenvalue weighted by Crippen LogP contribution is -2.70. The van der Waals surface area contributed by atoms with Crippen LogP contribution < -0.4 is 5.73 Å². The second-order valence-electron chi connectivity index (χ2n) is 13.0. The van der Waals surface area contributed by atoms with Gasteiger partial charge in [0.25, 0.3) is 5.91 Å². The van der Waals surface area contributed by atoms with Crippen LogP contribution in [0.2, 0.25) is 5.02 Å². The highest BCUT2D eigenvalue weighted by molar-refractivity contribution is 6.30. The molecule has 2 saturated carbocycles. The maximum absolute atomic E-state index is 14.3. The minimum atomic E-state index is -3.07. The van der Waals surface area contributed by atoms with Crippen molar-refractivity contribution in [3.63, 3.8) is 0 Å². The summed E-state index contributed by atoms with van der Waals surface area (Å²) in [5.41, 5.74) is 1.58. The van der Waals surface area contributed by atoms with Gasteiger partial charge in [0.1, 0.15) is 22.8 Å². The number of hydrogen-bond acceptors (Lipinski definition) is 11. The first kappa shape index (κ1) is 33.4. The van der Waals surface area contributed by atoms with Crippen molar-refractivity contribution in [1.29, 1.82) is 0 Å². The van der Waals surface area contributed by atoms with Crippen molar-refractivity contribution < 1.29 is 49.4 Å². The zero-order valence-electron chi connectivity index (χ0n) is 26.1. The Kier molecular flexibility index (Phi) is 8.49. The zero-order valence-corrected chi connectivity index (χ0v) is 26.8. The summed E-state index contributed by atoms with van der Waals surface area (Å²) in [6.45, 7) is 0. The van der Waals surface area contributed by atoms with Gasteiger partial charge >= 0.3 is 5.97 Å². The third kappa shape index (κ3) is 5.02. The molecule has 2 aromatic carbocycles. The van der Waals surface area contributed by atoms with Gasteiger partial charge in [-0.3, -0.25) is 24.1 Å². The quantitative estimate of drug-likeness (QED) is 0.154. The van der Waals surface area contributed by atoms with E-state index >= 15 is 0 Å². The molecule has 0 aliphatic heterocycles. The van der Waals surface area contributed by atoms with Crippen molar-refractivity contribution in [1.82, 2.24) is 4.90 Å². The molecule has 7 atom stereocenters. The fourth-order valence-electron chi connectivity index (χ4n) is 7.94. The third-order valence-corrected chi connectivity index (χ3v) is 10.4. The van der Waals surface area contributed by atoms with Crippen molar-refractivity contribution in [2.45, 2.75) is 49.3 Å². The van der Waals surface area contributed by atoms with E-state index in [2.05, 4.69) is 0 Å². The van der Waals surface area contributed by atoms with Gasteiger partial charge in [-0.05, 0) is 68.6 Å². The van der Waals surface area contributed by atoms with E-state index in [1.165, 1.54) is 37.2 Å². The molecule has 12 nitrogen and oxygen atoms in total. The van der Waals surface area contributed by atoms with Crippen LogP contribution in [0.5, 0.6) is 5.75 Å². The van der Waals surface area contributed by atoms with Crippen molar-refractivity contribution in [3.05, 3.63) is 87.3 Å². The number of nitrogens with two attached hydrogens (primary N) is 1. The first-order valence-corrected chi connectivity index (χ1v) is 15.9. The number of phenols is 1. The highest BCUT2D eigenvalue weighted by Crippen LogP contribution is 2.56. The molecule has 2 fully saturated rings. The summed E-state index contributed by atoms with van der Waals surface area (Å²) in [4.78, 5) is 54.8. The fourth-order valence-corrected chi connectivity index (χ4v) is 8.06. The molecule has 2 unspecified atom stereocenters. The average Bonchev–Trinajstić information content (AvgIpc) is 3.04. The zero-order chi connectivity index (χ0) is 34.8. The molecule has 13 heteroatoms. The van der Waals surface area contributed by atoms with E-state index in [1.807, 2.05) is 12.1 Å². The molecule has 0 aromatic heterocycles. The van der Waals surface area contributed by atoms with Crippen molar-refractivity contribution in [2.24, 2.45) is 23.5 Å². The van der Waals surface area contributed by atoms with E-state index in [0.29, 0.717) is 17.9 Å². The van der Waals surface area contributed by atoms with Crippen LogP contribution in [0.1, 0.15) is 48.3 Å². The van der Waals surface area contributed by atoms with E-state index < -0.39 is 87.4 Å². The molecular weight excluding hydrogens is 644 g/mol. The number of halogens is 1. The summed E-state index contributed by atoms with van der Waals surface area (Å²) in [6.07, 6.45) is 1.88. The van der Waals surface area contributed by atoms with Crippen LogP contribution in [0, 0.1) is 17.8 Å². The Bertz CT molecular complexity index is 1830. The number of aliphatic hydroxyl groups is 4. The Morgan fingerprint density at radius 3 is 2.40 bits per heavy atom. The molecule has 48 heavy (non-hydrogen) atoms. The third-order valence-electron chi connectivity index (χ3n) is 10.2. The number of rotatable bonds is 5. The van der Waals surface area contributed by atoms with Crippen LogP contribution in [-0.4, -0.2) is 85.7 Å². The standard InChI is InChI=1S/C35H35ClN2O10/c1-38(2)27-26-29(41)23-20(14-48-34(46)17-6-3-5-16(13-17)15-9-11-18(36)12-10-15)19-7-4-8-21(39)22(19)28(40)24(23)31(43)35(26,47)32(44)25(30(27)42)33(37)45/h4,7-12,14,16-17,23,26-27,29,39-41,44,47H,3,5-6,13H2,1-2H3,(H2,37,45)/b20-14+/t16?,17?,23-,26-,27+,29+,35+/m1/s1. The molecule has 0 heterocycles. The number of nitrogens with zero attached hydrogens (tertiary/aromatic N) is 1. The average molecular weight is 679 g/mol. The van der Waals surface area contributed by atoms with Crippen LogP contribution >= 0.6 is 11.6 Å². The van der Waals surface area contributed by atoms with Gasteiger partial charge in [0.15, 0.2) is 11.4 Å². The Balaban J connectivity index is 1.44. The minimum absolute atomic E-state index is 0.00383. The Morgan fingerprint density at radius 1 is 1.06 bits per heavy atom. The second kappa shape index (κ2) is 12.2. The highest BCUT2D eigenvalue weighted by Gasteiger charge is 2.68. The summed E-state index contributed by atoms with van der Waals surface area (Å²) in [6, 6.07) is 10.1. The van der Waals surface area contributed by atoms with Crippen molar-refractivity contribution in [3.8, 4) is 5.75 Å². The molecule has 252 valence electrons. The summed E-state index contributed by atoms with van der Waals surface area (Å²) < 4.78 is 5.72. The molecule has 4 aliphatic rings. The summed E-state index contributed by atoms with van der Waals surface area (Å²) in [7, 11) is 2.83. The first-order valence-electron chi connectivity index (χ1n) is 15.5. The van der Waals surface area contributed by atoms with Gasteiger partial charge in [-0.15, -0.1) is 0 Å². The monoisotopic (exact) mass is 678 g/mol. The van der Waals surface area contributed by atoms with Crippen LogP contribution in [0.4, 0.5) is 0 Å². The minimum Gasteiger partial charge on any atom is -0.508 e. The number of Topliss-reactive ketones (excluding diaryl/α,β-unsaturated/α-hetero) is 2. The Hall–Kier alpha value is -4.49. The molecule has 0 saturated heterocycles. The number of carbonyl (C=O) groups excluding carboxylic acids is 4. The van der Waals surface area contributed by atoms with Gasteiger partial charge in [0.2, 0.25) is 5.78 Å². The number of amides is 1. The predicted octanol–water partition coefficient (Wildman–Crippen LogP) is 2.90. The van der Waals surface area contributed by atoms with E-state index in [1.54, 1.807) is 12.1 Å². The summed E-state index contributed by atoms with van der Waals surface area (Å²) in [5.74, 6) is -10.6. The first-order chi connectivity index (χ1) is 22.7. The predicted molar refractivity (Wildman–Crippen MR) is 172 cm³/mol. The maximum atomic E-state index is 14.3. The van der Waals surface area contributed by atoms with E-state index in [4.69, 9.17) is 22.1 Å². The number of hydrogen-bond donors (Lipinski definition) is 6. The lowest BCUT2D eigenvalue weighted by Gasteiger charge is -2.52. The van der Waals surface area contributed by atoms with E-state index in [0.717, 1.165) is 24.7 Å². The Labute approximate surface area is 280 Å². The maximum Gasteiger partial charge on any atom is 0.313 e. The molecule has 2 aromatic rings. The number of aliphatic hydroxyl groups excluding tert-OH is 3. The number of aromatic hydroxyl groups is 1. The van der Waals surface area contributed by atoms with Crippen LogP contribution in [-0.2, 0) is 23.9 Å². The number of phenolic OH excluding ortho intramolecular Hbond substituents is 1. The van der Waals surface area contributed by atoms with Gasteiger partial charge in [-0.25, -0.2) is 0 Å². The normalized spacial score (nSPS) is 31.0. The van der Waals surface area contributed by atoms with Gasteiger partial charge in [0.05, 0.1) is 41.4 Å². The molecule has 6 rings (SSSR count). The molecule has 0 bridgehead atoms. The topological polar surface area (TPSA) is 208 Å². The lowest BCUT2D eigenvalue weighted by atomic mass is 9.55. The van der Waals surface area contributed by atoms with Crippen LogP contribution in [0.25, 0.3) is 11.3 Å². The van der Waals surface area contributed by atoms with Crippen molar-refractivity contribution >= 4 is 46.4 Å². The highest BCUT2D eigenvalue weighted by atomic mass is 35.5. The SMILES string of the molecule is CN(C)[C@@H]1C(=O)C(C(N)=O)=C(O)[C@@]2(O)C(=O)C3=C(O)c4c(O)cccc4/C(=C\OC(=O)C4CCCC(c5ccc(Cl)cc5)C4)[C@H]3[C@H](O)[C@@H]12. The number of likely N-dealkylation sites (N-methyl/N-ethyl adjacent to an activating group) is 1. The van der Waals surface area contributed by atoms with Gasteiger partial charge in [-0.2, -0.15) is 0 Å². The number of esters is 1. The molecule has 4 aliphatic carbocycles. The van der Waals surface area contributed by atoms with Gasteiger partial charge in [-0.1, -0.05) is 42.3 Å². The fraction of sp³-hybridized carbons (Fsp3) is 0.371. The van der Waals surface area contributed by atoms with Crippen LogP contribution in [0.3, 0.4) is 0 Å². The van der Waals surface area contributed by atoms with Gasteiger partial charge in [0, 0.05) is 16.5 Å². The number of benzene rings is 2. The van der Waals surface area contributed by atoms with Gasteiger partial charge < -0.3 is 36.0 Å².